The molecule has 1 atom stereocenters. The summed E-state index contributed by atoms with van der Waals surface area (Å²) >= 11 is 0. The fraction of sp³-hybridized carbons (Fsp3) is 0.579. The number of likely N-dealkylation sites (tertiary alicyclic amines) is 1. The average molecular weight is 356 g/mol. The Bertz CT molecular complexity index is 792. The Morgan fingerprint density at radius 1 is 1.23 bits per heavy atom. The van der Waals surface area contributed by atoms with Crippen LogP contribution in [0.5, 0.6) is 0 Å². The largest absolute Gasteiger partial charge is 0.342 e. The maximum absolute atomic E-state index is 12.8. The van der Waals surface area contributed by atoms with E-state index in [9.17, 15) is 4.79 Å². The molecule has 1 N–H and O–H groups in total. The number of carbonyl (C=O) groups is 1. The molecule has 1 amide bonds. The topological polar surface area (TPSA) is 75.9 Å². The van der Waals surface area contributed by atoms with Crippen LogP contribution < -0.4 is 5.32 Å². The average Bonchev–Trinajstić information content (AvgIpc) is 3.14. The molecule has 0 bridgehead atoms. The van der Waals surface area contributed by atoms with Gasteiger partial charge in [-0.25, -0.2) is 14.6 Å². The number of carbonyl (C=O) groups excluding carboxylic acids is 1. The molecule has 0 radical (unpaired) electrons. The molecule has 3 heterocycles. The van der Waals surface area contributed by atoms with Gasteiger partial charge in [-0.3, -0.25) is 4.79 Å². The summed E-state index contributed by atoms with van der Waals surface area (Å²) < 4.78 is 1.76. The molecule has 0 saturated carbocycles. The lowest BCUT2D eigenvalue weighted by molar-refractivity contribution is -0.129. The first-order valence-electron chi connectivity index (χ1n) is 9.19. The number of hydrogen-bond donors (Lipinski definition) is 1. The van der Waals surface area contributed by atoms with Crippen molar-refractivity contribution in [3.63, 3.8) is 0 Å². The van der Waals surface area contributed by atoms with E-state index in [4.69, 9.17) is 0 Å². The van der Waals surface area contributed by atoms with Crippen LogP contribution in [0.2, 0.25) is 0 Å². The second kappa shape index (κ2) is 7.53. The van der Waals surface area contributed by atoms with Crippen LogP contribution in [0, 0.1) is 33.6 Å². The third-order valence-corrected chi connectivity index (χ3v) is 5.06. The fourth-order valence-corrected chi connectivity index (χ4v) is 3.71. The van der Waals surface area contributed by atoms with Gasteiger partial charge in [-0.05, 0) is 59.7 Å². The third-order valence-electron chi connectivity index (χ3n) is 5.06. The van der Waals surface area contributed by atoms with Crippen LogP contribution in [-0.4, -0.2) is 57.2 Å². The van der Waals surface area contributed by atoms with E-state index >= 15 is 0 Å². The van der Waals surface area contributed by atoms with Gasteiger partial charge in [0.25, 0.3) is 5.95 Å². The molecule has 2 aromatic rings. The maximum Gasteiger partial charge on any atom is 0.251 e. The second-order valence-corrected chi connectivity index (χ2v) is 7.24. The van der Waals surface area contributed by atoms with E-state index in [0.717, 1.165) is 54.4 Å². The van der Waals surface area contributed by atoms with Gasteiger partial charge in [-0.1, -0.05) is 0 Å². The van der Waals surface area contributed by atoms with Crippen LogP contribution in [0.3, 0.4) is 0 Å². The minimum Gasteiger partial charge on any atom is -0.342 e. The van der Waals surface area contributed by atoms with Crippen molar-refractivity contribution in [2.45, 2.75) is 40.5 Å². The Hall–Kier alpha value is -2.28. The summed E-state index contributed by atoms with van der Waals surface area (Å²) in [5.74, 6) is 1.30. The first kappa shape index (κ1) is 18.5. The molecular formula is C19H28N6O. The highest BCUT2D eigenvalue weighted by atomic mass is 16.2. The third kappa shape index (κ3) is 3.77. The van der Waals surface area contributed by atoms with E-state index in [1.807, 2.05) is 45.7 Å². The van der Waals surface area contributed by atoms with Gasteiger partial charge >= 0.3 is 0 Å². The molecule has 2 aromatic heterocycles. The van der Waals surface area contributed by atoms with Crippen molar-refractivity contribution < 1.29 is 4.79 Å². The first-order valence-corrected chi connectivity index (χ1v) is 9.19. The summed E-state index contributed by atoms with van der Waals surface area (Å²) in [6.07, 6.45) is 1.45. The molecule has 0 aromatic carbocycles. The monoisotopic (exact) mass is 356 g/mol. The minimum absolute atomic E-state index is 0.177. The number of rotatable bonds is 5. The first-order chi connectivity index (χ1) is 12.4. The van der Waals surface area contributed by atoms with E-state index in [0.29, 0.717) is 18.3 Å². The standard InChI is InChI=1S/C19H28N6O/c1-12-8-13(2)22-19(21-12)25-15(4)17(14(3)23-25)9-18(26)24-7-6-16(11-24)10-20-5/h8,16,20H,6-7,9-11H2,1-5H3. The zero-order chi connectivity index (χ0) is 18.8. The molecule has 140 valence electrons. The Morgan fingerprint density at radius 2 is 1.92 bits per heavy atom. The Balaban J connectivity index is 1.79. The molecule has 7 heteroatoms. The van der Waals surface area contributed by atoms with E-state index in [1.165, 1.54) is 0 Å². The summed E-state index contributed by atoms with van der Waals surface area (Å²) in [6, 6.07) is 1.94. The fourth-order valence-electron chi connectivity index (χ4n) is 3.71. The Labute approximate surface area is 154 Å². The van der Waals surface area contributed by atoms with Gasteiger partial charge in [0.1, 0.15) is 0 Å². The molecule has 3 rings (SSSR count). The number of amides is 1. The van der Waals surface area contributed by atoms with Crippen molar-refractivity contribution in [1.82, 2.24) is 30.0 Å². The molecule has 1 fully saturated rings. The van der Waals surface area contributed by atoms with Crippen molar-refractivity contribution in [1.29, 1.82) is 0 Å². The molecule has 7 nitrogen and oxygen atoms in total. The molecular weight excluding hydrogens is 328 g/mol. The van der Waals surface area contributed by atoms with Crippen LogP contribution >= 0.6 is 0 Å². The van der Waals surface area contributed by atoms with Crippen molar-refractivity contribution in [2.24, 2.45) is 5.92 Å². The van der Waals surface area contributed by atoms with Crippen LogP contribution in [-0.2, 0) is 11.2 Å². The predicted octanol–water partition coefficient (Wildman–Crippen LogP) is 1.51. The van der Waals surface area contributed by atoms with Crippen molar-refractivity contribution >= 4 is 5.91 Å². The molecule has 26 heavy (non-hydrogen) atoms. The van der Waals surface area contributed by atoms with E-state index in [2.05, 4.69) is 20.4 Å². The maximum atomic E-state index is 12.8. The normalized spacial score (nSPS) is 17.1. The van der Waals surface area contributed by atoms with Gasteiger partial charge < -0.3 is 10.2 Å². The van der Waals surface area contributed by atoms with Gasteiger partial charge in [0, 0.05) is 35.7 Å². The predicted molar refractivity (Wildman–Crippen MR) is 100 cm³/mol. The van der Waals surface area contributed by atoms with E-state index in [-0.39, 0.29) is 5.91 Å². The number of nitrogens with one attached hydrogen (secondary N) is 1. The van der Waals surface area contributed by atoms with Crippen LogP contribution in [0.25, 0.3) is 5.95 Å². The second-order valence-electron chi connectivity index (χ2n) is 7.24. The molecule has 0 spiro atoms. The van der Waals surface area contributed by atoms with E-state index in [1.54, 1.807) is 4.68 Å². The van der Waals surface area contributed by atoms with Crippen molar-refractivity contribution in [3.8, 4) is 5.95 Å². The lowest BCUT2D eigenvalue weighted by Gasteiger charge is -2.16. The highest BCUT2D eigenvalue weighted by molar-refractivity contribution is 5.79. The number of aryl methyl sites for hydroxylation is 3. The number of nitrogens with zero attached hydrogens (tertiary/aromatic N) is 5. The SMILES string of the molecule is CNCC1CCN(C(=O)Cc2c(C)nn(-c3nc(C)cc(C)n3)c2C)C1. The van der Waals surface area contributed by atoms with Crippen molar-refractivity contribution in [3.05, 3.63) is 34.4 Å². The highest BCUT2D eigenvalue weighted by Gasteiger charge is 2.27. The molecule has 1 saturated heterocycles. The molecule has 1 unspecified atom stereocenters. The van der Waals surface area contributed by atoms with Crippen molar-refractivity contribution in [2.75, 3.05) is 26.7 Å². The summed E-state index contributed by atoms with van der Waals surface area (Å²) in [5, 5.41) is 7.80. The highest BCUT2D eigenvalue weighted by Crippen LogP contribution is 2.21. The lowest BCUT2D eigenvalue weighted by Crippen LogP contribution is -2.31. The quantitative estimate of drug-likeness (QED) is 0.879. The summed E-state index contributed by atoms with van der Waals surface area (Å²) in [7, 11) is 1.96. The van der Waals surface area contributed by atoms with Gasteiger partial charge in [-0.15, -0.1) is 0 Å². The van der Waals surface area contributed by atoms with Gasteiger partial charge in [0.15, 0.2) is 0 Å². The lowest BCUT2D eigenvalue weighted by atomic mass is 10.1. The van der Waals surface area contributed by atoms with E-state index < -0.39 is 0 Å². The van der Waals surface area contributed by atoms with Crippen LogP contribution in [0.4, 0.5) is 0 Å². The minimum atomic E-state index is 0.177. The number of aromatic nitrogens is 4. The number of hydrogen-bond acceptors (Lipinski definition) is 5. The summed E-state index contributed by atoms with van der Waals surface area (Å²) in [4.78, 5) is 23.7. The Morgan fingerprint density at radius 3 is 2.58 bits per heavy atom. The van der Waals surface area contributed by atoms with Gasteiger partial charge in [0.2, 0.25) is 5.91 Å². The molecule has 1 aliphatic heterocycles. The van der Waals surface area contributed by atoms with Gasteiger partial charge in [-0.2, -0.15) is 5.10 Å². The van der Waals surface area contributed by atoms with Gasteiger partial charge in [0.05, 0.1) is 12.1 Å². The summed E-state index contributed by atoms with van der Waals surface area (Å²) in [5.41, 5.74) is 4.60. The molecule has 1 aliphatic rings. The van der Waals surface area contributed by atoms with Crippen LogP contribution in [0.15, 0.2) is 6.07 Å². The summed E-state index contributed by atoms with van der Waals surface area (Å²) in [6.45, 7) is 10.5. The Kier molecular flexibility index (Phi) is 5.36. The molecule has 0 aliphatic carbocycles. The smallest absolute Gasteiger partial charge is 0.251 e. The zero-order valence-corrected chi connectivity index (χ0v) is 16.3. The van der Waals surface area contributed by atoms with Crippen LogP contribution in [0.1, 0.15) is 34.8 Å². The zero-order valence-electron chi connectivity index (χ0n) is 16.3.